The van der Waals surface area contributed by atoms with Crippen LogP contribution in [0.2, 0.25) is 0 Å². The Morgan fingerprint density at radius 1 is 1.13 bits per heavy atom. The maximum atomic E-state index is 11.3. The highest BCUT2D eigenvalue weighted by atomic mass is 16.2. The van der Waals surface area contributed by atoms with Crippen molar-refractivity contribution in [3.05, 3.63) is 61.4 Å². The van der Waals surface area contributed by atoms with Crippen LogP contribution in [0.3, 0.4) is 0 Å². The average molecular weight is 201 g/mol. The Labute approximate surface area is 88.4 Å². The van der Waals surface area contributed by atoms with Crippen molar-refractivity contribution in [2.24, 2.45) is 0 Å². The van der Waals surface area contributed by atoms with Gasteiger partial charge in [0, 0.05) is 12.2 Å². The van der Waals surface area contributed by atoms with E-state index in [0.717, 1.165) is 4.90 Å². The predicted octanol–water partition coefficient (Wildman–Crippen LogP) is 1.72. The lowest BCUT2D eigenvalue weighted by atomic mass is 10.3. The molecule has 0 N–H and O–H groups in total. The third-order valence-electron chi connectivity index (χ3n) is 1.79. The first-order chi connectivity index (χ1) is 7.20. The number of carbonyl (C=O) groups excluding carboxylic acids is 2. The van der Waals surface area contributed by atoms with Gasteiger partial charge in [0.15, 0.2) is 0 Å². The smallest absolute Gasteiger partial charge is 0.258 e. The summed E-state index contributed by atoms with van der Waals surface area (Å²) in [6.45, 7) is 7.06. The lowest BCUT2D eigenvalue weighted by Gasteiger charge is -2.13. The van der Waals surface area contributed by atoms with Gasteiger partial charge in [0.25, 0.3) is 11.8 Å². The van der Waals surface area contributed by atoms with Crippen LogP contribution in [0.4, 0.5) is 0 Å². The summed E-state index contributed by atoms with van der Waals surface area (Å²) in [5.74, 6) is -0.698. The van der Waals surface area contributed by atoms with Gasteiger partial charge < -0.3 is 0 Å². The molecule has 0 aliphatic carbocycles. The second kappa shape index (κ2) is 4.91. The molecule has 0 aromatic heterocycles. The van der Waals surface area contributed by atoms with E-state index in [1.807, 2.05) is 0 Å². The summed E-state index contributed by atoms with van der Waals surface area (Å²) >= 11 is 0. The van der Waals surface area contributed by atoms with Gasteiger partial charge >= 0.3 is 0 Å². The molecule has 1 aliphatic rings. The molecule has 0 aromatic rings. The second-order valence-electron chi connectivity index (χ2n) is 2.76. The Balaban J connectivity index is 2.93. The molecule has 0 unspecified atom stereocenters. The van der Waals surface area contributed by atoms with Crippen molar-refractivity contribution in [3.8, 4) is 0 Å². The van der Waals surface area contributed by atoms with Crippen molar-refractivity contribution in [3.63, 3.8) is 0 Å². The number of carbonyl (C=O) groups is 2. The van der Waals surface area contributed by atoms with E-state index in [0.29, 0.717) is 5.70 Å². The minimum absolute atomic E-state index is 0.349. The van der Waals surface area contributed by atoms with Crippen LogP contribution < -0.4 is 0 Å². The Morgan fingerprint density at radius 2 is 1.73 bits per heavy atom. The fourth-order valence-corrected chi connectivity index (χ4v) is 1.12. The standard InChI is InChI=1S/C12H11NO2/c1-3-5-6-7-10(4-2)13-11(14)8-9-12(13)15/h3-9H,1-2H2/b6-5-,10-7+. The zero-order valence-electron chi connectivity index (χ0n) is 8.22. The van der Waals surface area contributed by atoms with Gasteiger partial charge in [0.2, 0.25) is 0 Å². The molecule has 3 nitrogen and oxygen atoms in total. The van der Waals surface area contributed by atoms with Gasteiger partial charge in [0.05, 0.1) is 5.70 Å². The molecule has 15 heavy (non-hydrogen) atoms. The van der Waals surface area contributed by atoms with E-state index in [9.17, 15) is 9.59 Å². The molecule has 2 amide bonds. The van der Waals surface area contributed by atoms with Crippen molar-refractivity contribution >= 4 is 11.8 Å². The SMILES string of the molecule is C=C/C=C\C=C(/C=C)N1C(=O)C=CC1=O. The molecule has 0 saturated heterocycles. The molecular weight excluding hydrogens is 190 g/mol. The third kappa shape index (κ3) is 2.40. The molecule has 0 saturated carbocycles. The topological polar surface area (TPSA) is 37.4 Å². The van der Waals surface area contributed by atoms with Crippen molar-refractivity contribution in [2.75, 3.05) is 0 Å². The van der Waals surface area contributed by atoms with Crippen LogP contribution >= 0.6 is 0 Å². The molecule has 0 radical (unpaired) electrons. The lowest BCUT2D eigenvalue weighted by Crippen LogP contribution is -2.28. The minimum Gasteiger partial charge on any atom is -0.269 e. The molecule has 0 fully saturated rings. The molecule has 0 spiro atoms. The summed E-state index contributed by atoms with van der Waals surface area (Å²) in [6, 6.07) is 0. The van der Waals surface area contributed by atoms with Crippen molar-refractivity contribution in [2.45, 2.75) is 0 Å². The molecule has 0 bridgehead atoms. The molecule has 0 aromatic carbocycles. The van der Waals surface area contributed by atoms with Gasteiger partial charge in [-0.15, -0.1) is 0 Å². The lowest BCUT2D eigenvalue weighted by molar-refractivity contribution is -0.134. The van der Waals surface area contributed by atoms with Crippen molar-refractivity contribution < 1.29 is 9.59 Å². The maximum Gasteiger partial charge on any atom is 0.258 e. The maximum absolute atomic E-state index is 11.3. The van der Waals surface area contributed by atoms with Gasteiger partial charge in [-0.2, -0.15) is 0 Å². The summed E-state index contributed by atoms with van der Waals surface area (Å²) in [7, 11) is 0. The molecule has 1 heterocycles. The minimum atomic E-state index is -0.349. The number of hydrogen-bond acceptors (Lipinski definition) is 2. The third-order valence-corrected chi connectivity index (χ3v) is 1.79. The molecule has 0 atom stereocenters. The van der Waals surface area contributed by atoms with E-state index in [-0.39, 0.29) is 11.8 Å². The molecule has 76 valence electrons. The van der Waals surface area contributed by atoms with Gasteiger partial charge in [-0.1, -0.05) is 31.4 Å². The van der Waals surface area contributed by atoms with Gasteiger partial charge in [-0.05, 0) is 12.2 Å². The van der Waals surface area contributed by atoms with Crippen LogP contribution in [0.25, 0.3) is 0 Å². The van der Waals surface area contributed by atoms with E-state index >= 15 is 0 Å². The summed E-state index contributed by atoms with van der Waals surface area (Å²) in [5, 5.41) is 0. The molecular formula is C12H11NO2. The monoisotopic (exact) mass is 201 g/mol. The second-order valence-corrected chi connectivity index (χ2v) is 2.76. The molecule has 1 aliphatic heterocycles. The first kappa shape index (κ1) is 10.9. The fourth-order valence-electron chi connectivity index (χ4n) is 1.12. The molecule has 1 rings (SSSR count). The fraction of sp³-hybridized carbons (Fsp3) is 0. The highest BCUT2D eigenvalue weighted by Crippen LogP contribution is 2.13. The normalized spacial score (nSPS) is 16.5. The van der Waals surface area contributed by atoms with Gasteiger partial charge in [0.1, 0.15) is 0 Å². The van der Waals surface area contributed by atoms with Crippen LogP contribution in [0.1, 0.15) is 0 Å². The van der Waals surface area contributed by atoms with Crippen LogP contribution in [-0.2, 0) is 9.59 Å². The van der Waals surface area contributed by atoms with Crippen LogP contribution in [-0.4, -0.2) is 16.7 Å². The first-order valence-corrected chi connectivity index (χ1v) is 4.38. The Hall–Kier alpha value is -2.16. The Bertz CT molecular complexity index is 382. The van der Waals surface area contributed by atoms with Crippen LogP contribution in [0, 0.1) is 0 Å². The Kier molecular flexibility index (Phi) is 3.57. The Morgan fingerprint density at radius 3 is 2.20 bits per heavy atom. The zero-order valence-corrected chi connectivity index (χ0v) is 8.22. The van der Waals surface area contributed by atoms with E-state index in [1.165, 1.54) is 18.2 Å². The van der Waals surface area contributed by atoms with E-state index < -0.39 is 0 Å². The molecule has 3 heteroatoms. The quantitative estimate of drug-likeness (QED) is 0.513. The first-order valence-electron chi connectivity index (χ1n) is 4.38. The summed E-state index contributed by atoms with van der Waals surface area (Å²) in [6.07, 6.45) is 10.5. The zero-order chi connectivity index (χ0) is 11.3. The number of rotatable bonds is 4. The van der Waals surface area contributed by atoms with Gasteiger partial charge in [-0.25, -0.2) is 4.90 Å². The number of hydrogen-bond donors (Lipinski definition) is 0. The van der Waals surface area contributed by atoms with E-state index in [1.54, 1.807) is 24.3 Å². The van der Waals surface area contributed by atoms with E-state index in [2.05, 4.69) is 13.2 Å². The van der Waals surface area contributed by atoms with Crippen molar-refractivity contribution in [1.29, 1.82) is 0 Å². The number of imide groups is 1. The predicted molar refractivity (Wildman–Crippen MR) is 58.6 cm³/mol. The highest BCUT2D eigenvalue weighted by molar-refractivity contribution is 6.14. The highest BCUT2D eigenvalue weighted by Gasteiger charge is 2.24. The number of amides is 2. The largest absolute Gasteiger partial charge is 0.269 e. The number of nitrogens with zero attached hydrogens (tertiary/aromatic N) is 1. The summed E-state index contributed by atoms with van der Waals surface area (Å²) in [4.78, 5) is 23.7. The number of allylic oxidation sites excluding steroid dienone is 5. The van der Waals surface area contributed by atoms with E-state index in [4.69, 9.17) is 0 Å². The van der Waals surface area contributed by atoms with Crippen molar-refractivity contribution in [1.82, 2.24) is 4.90 Å². The van der Waals surface area contributed by atoms with Crippen LogP contribution in [0.5, 0.6) is 0 Å². The summed E-state index contributed by atoms with van der Waals surface area (Å²) in [5.41, 5.74) is 0.452. The summed E-state index contributed by atoms with van der Waals surface area (Å²) < 4.78 is 0. The van der Waals surface area contributed by atoms with Gasteiger partial charge in [-0.3, -0.25) is 9.59 Å². The average Bonchev–Trinajstić information content (AvgIpc) is 2.55. The van der Waals surface area contributed by atoms with Crippen LogP contribution in [0.15, 0.2) is 61.4 Å².